The lowest BCUT2D eigenvalue weighted by Crippen LogP contribution is -2.01. The van der Waals surface area contributed by atoms with E-state index in [4.69, 9.17) is 10.5 Å². The molecule has 0 radical (unpaired) electrons. The topological polar surface area (TPSA) is 52.3 Å². The molecule has 1 rings (SSSR count). The Labute approximate surface area is 93.7 Å². The molecule has 0 fully saturated rings. The number of carbonyl (C=O) groups is 1. The first-order valence-corrected chi connectivity index (χ1v) is 5.00. The zero-order valence-corrected chi connectivity index (χ0v) is 9.07. The Balaban J connectivity index is 2.59. The van der Waals surface area contributed by atoms with E-state index in [9.17, 15) is 9.18 Å². The molecule has 0 atom stereocenters. The molecule has 0 aliphatic rings. The molecular formula is C12H14FNO2. The first kappa shape index (κ1) is 12.2. The lowest BCUT2D eigenvalue weighted by Gasteiger charge is -1.98. The van der Waals surface area contributed by atoms with E-state index in [1.165, 1.54) is 12.1 Å². The molecule has 1 aromatic rings. The molecular weight excluding hydrogens is 209 g/mol. The Hall–Kier alpha value is -1.84. The highest BCUT2D eigenvalue weighted by molar-refractivity contribution is 5.72. The Morgan fingerprint density at radius 2 is 2.25 bits per heavy atom. The minimum atomic E-state index is -0.393. The van der Waals surface area contributed by atoms with Crippen molar-refractivity contribution < 1.29 is 13.9 Å². The van der Waals surface area contributed by atoms with Gasteiger partial charge in [-0.15, -0.1) is 0 Å². The predicted molar refractivity (Wildman–Crippen MR) is 61.1 cm³/mol. The fourth-order valence-corrected chi connectivity index (χ4v) is 1.24. The van der Waals surface area contributed by atoms with Crippen molar-refractivity contribution in [2.75, 3.05) is 12.3 Å². The molecule has 1 aromatic carbocycles. The van der Waals surface area contributed by atoms with Gasteiger partial charge in [-0.2, -0.15) is 0 Å². The number of nitrogens with two attached hydrogens (primary N) is 1. The average molecular weight is 223 g/mol. The molecule has 3 nitrogen and oxygen atoms in total. The molecule has 0 saturated carbocycles. The first-order chi connectivity index (χ1) is 7.61. The van der Waals surface area contributed by atoms with Gasteiger partial charge in [-0.1, -0.05) is 12.2 Å². The summed E-state index contributed by atoms with van der Waals surface area (Å²) in [6.45, 7) is 2.11. The zero-order valence-electron chi connectivity index (χ0n) is 9.07. The predicted octanol–water partition coefficient (Wildman–Crippen LogP) is 2.37. The van der Waals surface area contributed by atoms with Crippen LogP contribution >= 0.6 is 0 Å². The third kappa shape index (κ3) is 4.13. The summed E-state index contributed by atoms with van der Waals surface area (Å²) in [6.07, 6.45) is 3.42. The highest BCUT2D eigenvalue weighted by atomic mass is 19.1. The van der Waals surface area contributed by atoms with Crippen LogP contribution in [0, 0.1) is 5.82 Å². The van der Waals surface area contributed by atoms with Crippen molar-refractivity contribution >= 4 is 17.7 Å². The lowest BCUT2D eigenvalue weighted by atomic mass is 10.1. The number of anilines is 1. The molecule has 0 aromatic heterocycles. The fourth-order valence-electron chi connectivity index (χ4n) is 1.24. The number of hydrogen-bond acceptors (Lipinski definition) is 3. The van der Waals surface area contributed by atoms with Crippen molar-refractivity contribution in [1.82, 2.24) is 0 Å². The molecule has 86 valence electrons. The zero-order chi connectivity index (χ0) is 12.0. The number of carbonyl (C=O) groups excluding carboxylic acids is 1. The van der Waals surface area contributed by atoms with Crippen molar-refractivity contribution in [3.8, 4) is 0 Å². The summed E-state index contributed by atoms with van der Waals surface area (Å²) in [4.78, 5) is 11.0. The maximum absolute atomic E-state index is 12.9. The molecule has 16 heavy (non-hydrogen) atoms. The molecule has 0 heterocycles. The second-order valence-electron chi connectivity index (χ2n) is 3.23. The molecule has 0 spiro atoms. The number of halogens is 1. The summed E-state index contributed by atoms with van der Waals surface area (Å²) >= 11 is 0. The largest absolute Gasteiger partial charge is 0.466 e. The third-order valence-corrected chi connectivity index (χ3v) is 1.84. The van der Waals surface area contributed by atoms with Gasteiger partial charge in [0.05, 0.1) is 13.0 Å². The van der Waals surface area contributed by atoms with Gasteiger partial charge in [0.1, 0.15) is 5.82 Å². The van der Waals surface area contributed by atoms with Crippen LogP contribution in [0.1, 0.15) is 18.9 Å². The Kier molecular flexibility index (Phi) is 4.51. The Morgan fingerprint density at radius 1 is 1.50 bits per heavy atom. The molecule has 2 N–H and O–H groups in total. The lowest BCUT2D eigenvalue weighted by molar-refractivity contribution is -0.142. The van der Waals surface area contributed by atoms with Crippen LogP contribution in [0.3, 0.4) is 0 Å². The number of nitrogen functional groups attached to an aromatic ring is 1. The SMILES string of the molecule is CCOC(=O)CC=Cc1cc(N)cc(F)c1. The van der Waals surface area contributed by atoms with Gasteiger partial charge < -0.3 is 10.5 Å². The molecule has 0 amide bonds. The van der Waals surface area contributed by atoms with Crippen LogP contribution < -0.4 is 5.73 Å². The van der Waals surface area contributed by atoms with Crippen molar-refractivity contribution in [2.45, 2.75) is 13.3 Å². The van der Waals surface area contributed by atoms with E-state index in [-0.39, 0.29) is 12.4 Å². The molecule has 4 heteroatoms. The number of esters is 1. The minimum absolute atomic E-state index is 0.171. The van der Waals surface area contributed by atoms with E-state index in [0.717, 1.165) is 0 Å². The van der Waals surface area contributed by atoms with Gasteiger partial charge in [0.25, 0.3) is 0 Å². The van der Waals surface area contributed by atoms with E-state index < -0.39 is 5.82 Å². The second kappa shape index (κ2) is 5.90. The normalized spacial score (nSPS) is 10.6. The van der Waals surface area contributed by atoms with Crippen molar-refractivity contribution in [1.29, 1.82) is 0 Å². The van der Waals surface area contributed by atoms with Crippen molar-refractivity contribution in [3.05, 3.63) is 35.7 Å². The van der Waals surface area contributed by atoms with Crippen LogP contribution in [0.5, 0.6) is 0 Å². The van der Waals surface area contributed by atoms with Gasteiger partial charge in [0.2, 0.25) is 0 Å². The highest BCUT2D eigenvalue weighted by Gasteiger charge is 1.98. The smallest absolute Gasteiger partial charge is 0.309 e. The quantitative estimate of drug-likeness (QED) is 0.629. The van der Waals surface area contributed by atoms with Gasteiger partial charge in [0.15, 0.2) is 0 Å². The maximum Gasteiger partial charge on any atom is 0.309 e. The third-order valence-electron chi connectivity index (χ3n) is 1.84. The van der Waals surface area contributed by atoms with E-state index >= 15 is 0 Å². The molecule has 0 unspecified atom stereocenters. The summed E-state index contributed by atoms with van der Waals surface area (Å²) in [5, 5.41) is 0. The Morgan fingerprint density at radius 3 is 2.88 bits per heavy atom. The van der Waals surface area contributed by atoms with Crippen LogP contribution in [0.15, 0.2) is 24.3 Å². The molecule has 0 aliphatic carbocycles. The van der Waals surface area contributed by atoms with Crippen molar-refractivity contribution in [2.24, 2.45) is 0 Å². The Bertz CT molecular complexity index is 382. The molecule has 0 bridgehead atoms. The van der Waals surface area contributed by atoms with Gasteiger partial charge >= 0.3 is 5.97 Å². The fraction of sp³-hybridized carbons (Fsp3) is 0.250. The summed E-state index contributed by atoms with van der Waals surface area (Å²) in [5.41, 5.74) is 6.46. The number of ether oxygens (including phenoxy) is 1. The van der Waals surface area contributed by atoms with Crippen LogP contribution in [0.25, 0.3) is 6.08 Å². The number of benzene rings is 1. The van der Waals surface area contributed by atoms with Crippen LogP contribution in [-0.4, -0.2) is 12.6 Å². The van der Waals surface area contributed by atoms with Gasteiger partial charge in [-0.25, -0.2) is 4.39 Å². The summed E-state index contributed by atoms with van der Waals surface area (Å²) in [5.74, 6) is -0.695. The number of hydrogen-bond donors (Lipinski definition) is 1. The van der Waals surface area contributed by atoms with E-state index in [0.29, 0.717) is 17.9 Å². The summed E-state index contributed by atoms with van der Waals surface area (Å²) < 4.78 is 17.7. The van der Waals surface area contributed by atoms with Gasteiger partial charge in [-0.05, 0) is 30.7 Å². The van der Waals surface area contributed by atoms with Crippen LogP contribution in [0.4, 0.5) is 10.1 Å². The molecule has 0 aliphatic heterocycles. The monoisotopic (exact) mass is 223 g/mol. The van der Waals surface area contributed by atoms with E-state index in [1.807, 2.05) is 0 Å². The van der Waals surface area contributed by atoms with Crippen molar-refractivity contribution in [3.63, 3.8) is 0 Å². The average Bonchev–Trinajstić information content (AvgIpc) is 2.16. The van der Waals surface area contributed by atoms with Gasteiger partial charge in [-0.3, -0.25) is 4.79 Å². The summed E-state index contributed by atoms with van der Waals surface area (Å²) in [6, 6.07) is 4.21. The first-order valence-electron chi connectivity index (χ1n) is 5.00. The molecule has 0 saturated heterocycles. The summed E-state index contributed by atoms with van der Waals surface area (Å²) in [7, 11) is 0. The number of rotatable bonds is 4. The minimum Gasteiger partial charge on any atom is -0.466 e. The standard InChI is InChI=1S/C12H14FNO2/c1-2-16-12(15)5-3-4-9-6-10(13)8-11(14)7-9/h3-4,6-8H,2,5,14H2,1H3. The van der Waals surface area contributed by atoms with Crippen LogP contribution in [-0.2, 0) is 9.53 Å². The van der Waals surface area contributed by atoms with Crippen LogP contribution in [0.2, 0.25) is 0 Å². The van der Waals surface area contributed by atoms with E-state index in [2.05, 4.69) is 0 Å². The van der Waals surface area contributed by atoms with Gasteiger partial charge in [0, 0.05) is 5.69 Å². The maximum atomic E-state index is 12.9. The van der Waals surface area contributed by atoms with E-state index in [1.54, 1.807) is 25.1 Å². The highest BCUT2D eigenvalue weighted by Crippen LogP contribution is 2.12. The second-order valence-corrected chi connectivity index (χ2v) is 3.23.